The average molecular weight is 248 g/mol. The molecule has 18 heavy (non-hydrogen) atoms. The van der Waals surface area contributed by atoms with Gasteiger partial charge in [-0.3, -0.25) is 0 Å². The minimum Gasteiger partial charge on any atom is -0.508 e. The molecule has 0 aliphatic carbocycles. The number of hydrogen-bond acceptors (Lipinski definition) is 2. The molecule has 2 rings (SSSR count). The molecule has 1 fully saturated rings. The Balaban J connectivity index is 1.79. The Kier molecular flexibility index (Phi) is 4.07. The monoisotopic (exact) mass is 248 g/mol. The van der Waals surface area contributed by atoms with Crippen molar-refractivity contribution >= 4 is 6.03 Å². The number of nitrogens with zero attached hydrogens (tertiary/aromatic N) is 1. The number of amides is 2. The highest BCUT2D eigenvalue weighted by molar-refractivity contribution is 5.74. The Hall–Kier alpha value is -1.71. The molecule has 1 aliphatic rings. The summed E-state index contributed by atoms with van der Waals surface area (Å²) in [4.78, 5) is 13.8. The molecule has 0 spiro atoms. The number of nitrogens with one attached hydrogen (secondary N) is 1. The number of carbonyl (C=O) groups excluding carboxylic acids is 1. The van der Waals surface area contributed by atoms with Crippen LogP contribution in [0.25, 0.3) is 0 Å². The lowest BCUT2D eigenvalue weighted by atomic mass is 10.00. The van der Waals surface area contributed by atoms with Gasteiger partial charge >= 0.3 is 6.03 Å². The Bertz CT molecular complexity index is 395. The molecule has 1 aromatic carbocycles. The third-order valence-corrected chi connectivity index (χ3v) is 3.45. The zero-order valence-electron chi connectivity index (χ0n) is 10.7. The number of hydrogen-bond donors (Lipinski definition) is 2. The highest BCUT2D eigenvalue weighted by Gasteiger charge is 2.19. The molecule has 1 aliphatic heterocycles. The number of carbonyl (C=O) groups is 1. The molecular weight excluding hydrogens is 228 g/mol. The molecule has 0 atom stereocenters. The van der Waals surface area contributed by atoms with E-state index in [2.05, 4.69) is 12.2 Å². The maximum Gasteiger partial charge on any atom is 0.317 e. The third kappa shape index (κ3) is 3.39. The molecule has 2 amide bonds. The van der Waals surface area contributed by atoms with Crippen molar-refractivity contribution < 1.29 is 9.90 Å². The largest absolute Gasteiger partial charge is 0.508 e. The van der Waals surface area contributed by atoms with Crippen molar-refractivity contribution in [2.45, 2.75) is 26.3 Å². The van der Waals surface area contributed by atoms with Crippen LogP contribution in [0.1, 0.15) is 25.3 Å². The SMILES string of the molecule is CC1CCN(C(=O)NCc2ccc(O)cc2)CC1. The predicted molar refractivity (Wildman–Crippen MR) is 70.3 cm³/mol. The van der Waals surface area contributed by atoms with E-state index in [9.17, 15) is 4.79 Å². The van der Waals surface area contributed by atoms with Crippen molar-refractivity contribution in [2.24, 2.45) is 5.92 Å². The standard InChI is InChI=1S/C14H20N2O2/c1-11-6-8-16(9-7-11)14(18)15-10-12-2-4-13(17)5-3-12/h2-5,11,17H,6-10H2,1H3,(H,15,18). The fourth-order valence-electron chi connectivity index (χ4n) is 2.11. The minimum absolute atomic E-state index is 0.00924. The van der Waals surface area contributed by atoms with Crippen molar-refractivity contribution in [3.63, 3.8) is 0 Å². The highest BCUT2D eigenvalue weighted by atomic mass is 16.3. The molecule has 0 bridgehead atoms. The van der Waals surface area contributed by atoms with Gasteiger partial charge in [0.1, 0.15) is 5.75 Å². The number of benzene rings is 1. The lowest BCUT2D eigenvalue weighted by molar-refractivity contribution is 0.173. The average Bonchev–Trinajstić information content (AvgIpc) is 2.38. The van der Waals surface area contributed by atoms with Gasteiger partial charge < -0.3 is 15.3 Å². The van der Waals surface area contributed by atoms with Crippen LogP contribution in [-0.2, 0) is 6.54 Å². The molecule has 98 valence electrons. The number of phenols is 1. The number of aromatic hydroxyl groups is 1. The van der Waals surface area contributed by atoms with Crippen LogP contribution in [0.2, 0.25) is 0 Å². The van der Waals surface area contributed by atoms with Crippen molar-refractivity contribution in [1.29, 1.82) is 0 Å². The van der Waals surface area contributed by atoms with Crippen LogP contribution in [0.15, 0.2) is 24.3 Å². The molecule has 0 radical (unpaired) electrons. The zero-order chi connectivity index (χ0) is 13.0. The second kappa shape index (κ2) is 5.76. The molecule has 0 saturated carbocycles. The molecular formula is C14H20N2O2. The van der Waals surface area contributed by atoms with Crippen LogP contribution in [0.3, 0.4) is 0 Å². The number of urea groups is 1. The van der Waals surface area contributed by atoms with Crippen LogP contribution in [0.4, 0.5) is 4.79 Å². The van der Waals surface area contributed by atoms with Gasteiger partial charge in [0.15, 0.2) is 0 Å². The molecule has 4 heteroatoms. The molecule has 2 N–H and O–H groups in total. The summed E-state index contributed by atoms with van der Waals surface area (Å²) >= 11 is 0. The van der Waals surface area contributed by atoms with Gasteiger partial charge in [-0.25, -0.2) is 4.79 Å². The van der Waals surface area contributed by atoms with Crippen molar-refractivity contribution in [1.82, 2.24) is 10.2 Å². The quantitative estimate of drug-likeness (QED) is 0.844. The van der Waals surface area contributed by atoms with E-state index in [1.54, 1.807) is 12.1 Å². The van der Waals surface area contributed by atoms with E-state index in [1.807, 2.05) is 17.0 Å². The molecule has 1 saturated heterocycles. The molecule has 0 unspecified atom stereocenters. The Morgan fingerprint density at radius 3 is 2.56 bits per heavy atom. The molecule has 4 nitrogen and oxygen atoms in total. The maximum atomic E-state index is 11.9. The summed E-state index contributed by atoms with van der Waals surface area (Å²) in [5, 5.41) is 12.1. The fourth-order valence-corrected chi connectivity index (χ4v) is 2.11. The van der Waals surface area contributed by atoms with E-state index in [0.717, 1.165) is 37.4 Å². The minimum atomic E-state index is 0.00924. The summed E-state index contributed by atoms with van der Waals surface area (Å²) in [6, 6.07) is 6.89. The molecule has 0 aromatic heterocycles. The smallest absolute Gasteiger partial charge is 0.317 e. The van der Waals surface area contributed by atoms with Gasteiger partial charge in [0.2, 0.25) is 0 Å². The summed E-state index contributed by atoms with van der Waals surface area (Å²) in [6.45, 7) is 4.43. The Morgan fingerprint density at radius 1 is 1.33 bits per heavy atom. The second-order valence-electron chi connectivity index (χ2n) is 4.99. The van der Waals surface area contributed by atoms with Gasteiger partial charge in [-0.05, 0) is 36.5 Å². The number of phenolic OH excluding ortho intramolecular Hbond substituents is 1. The van der Waals surface area contributed by atoms with Gasteiger partial charge in [0.25, 0.3) is 0 Å². The van der Waals surface area contributed by atoms with Crippen LogP contribution >= 0.6 is 0 Å². The van der Waals surface area contributed by atoms with E-state index < -0.39 is 0 Å². The van der Waals surface area contributed by atoms with Crippen LogP contribution < -0.4 is 5.32 Å². The van der Waals surface area contributed by atoms with Gasteiger partial charge in [-0.2, -0.15) is 0 Å². The van der Waals surface area contributed by atoms with E-state index >= 15 is 0 Å². The van der Waals surface area contributed by atoms with Crippen molar-refractivity contribution in [2.75, 3.05) is 13.1 Å². The number of piperidine rings is 1. The second-order valence-corrected chi connectivity index (χ2v) is 4.99. The van der Waals surface area contributed by atoms with Gasteiger partial charge in [0, 0.05) is 19.6 Å². The lowest BCUT2D eigenvalue weighted by Crippen LogP contribution is -2.43. The van der Waals surface area contributed by atoms with Gasteiger partial charge in [0.05, 0.1) is 0 Å². The van der Waals surface area contributed by atoms with Gasteiger partial charge in [-0.1, -0.05) is 19.1 Å². The molecule has 1 aromatic rings. The van der Waals surface area contributed by atoms with Crippen LogP contribution in [0, 0.1) is 5.92 Å². The molecule has 1 heterocycles. The van der Waals surface area contributed by atoms with Gasteiger partial charge in [-0.15, -0.1) is 0 Å². The topological polar surface area (TPSA) is 52.6 Å². The van der Waals surface area contributed by atoms with Crippen molar-refractivity contribution in [3.8, 4) is 5.75 Å². The predicted octanol–water partition coefficient (Wildman–Crippen LogP) is 2.33. The normalized spacial score (nSPS) is 16.6. The first-order chi connectivity index (χ1) is 8.65. The maximum absolute atomic E-state index is 11.9. The van der Waals surface area contributed by atoms with E-state index in [4.69, 9.17) is 5.11 Å². The lowest BCUT2D eigenvalue weighted by Gasteiger charge is -2.30. The summed E-state index contributed by atoms with van der Waals surface area (Å²) in [5.74, 6) is 0.973. The fraction of sp³-hybridized carbons (Fsp3) is 0.500. The van der Waals surface area contributed by atoms with E-state index in [0.29, 0.717) is 6.54 Å². The van der Waals surface area contributed by atoms with Crippen LogP contribution in [0.5, 0.6) is 5.75 Å². The highest BCUT2D eigenvalue weighted by Crippen LogP contribution is 2.16. The summed E-state index contributed by atoms with van der Waals surface area (Å²) in [6.07, 6.45) is 2.18. The Morgan fingerprint density at radius 2 is 1.94 bits per heavy atom. The first-order valence-corrected chi connectivity index (χ1v) is 6.46. The summed E-state index contributed by atoms with van der Waals surface area (Å²) in [7, 11) is 0. The number of rotatable bonds is 2. The summed E-state index contributed by atoms with van der Waals surface area (Å²) < 4.78 is 0. The number of likely N-dealkylation sites (tertiary alicyclic amines) is 1. The van der Waals surface area contributed by atoms with Crippen LogP contribution in [-0.4, -0.2) is 29.1 Å². The van der Waals surface area contributed by atoms with E-state index in [-0.39, 0.29) is 11.8 Å². The Labute approximate surface area is 108 Å². The van der Waals surface area contributed by atoms with E-state index in [1.165, 1.54) is 0 Å². The first kappa shape index (κ1) is 12.7. The summed E-state index contributed by atoms with van der Waals surface area (Å²) in [5.41, 5.74) is 0.992. The zero-order valence-corrected chi connectivity index (χ0v) is 10.7. The third-order valence-electron chi connectivity index (χ3n) is 3.45. The van der Waals surface area contributed by atoms with Crippen molar-refractivity contribution in [3.05, 3.63) is 29.8 Å². The first-order valence-electron chi connectivity index (χ1n) is 6.46.